The van der Waals surface area contributed by atoms with Crippen LogP contribution in [0.15, 0.2) is 24.3 Å². The smallest absolute Gasteiger partial charge is 0.123 e. The Labute approximate surface area is 97.3 Å². The highest BCUT2D eigenvalue weighted by Crippen LogP contribution is 2.23. The first kappa shape index (κ1) is 13.0. The molecule has 0 heterocycles. The third-order valence-corrected chi connectivity index (χ3v) is 3.23. The number of benzene rings is 1. The number of rotatable bonds is 5. The van der Waals surface area contributed by atoms with Crippen LogP contribution in [0.25, 0.3) is 0 Å². The molecule has 2 nitrogen and oxygen atoms in total. The van der Waals surface area contributed by atoms with Crippen LogP contribution < -0.4 is 10.6 Å². The Morgan fingerprint density at radius 1 is 1.31 bits per heavy atom. The number of halogens is 1. The first-order chi connectivity index (χ1) is 7.50. The Hall–Kier alpha value is -1.09. The zero-order valence-electron chi connectivity index (χ0n) is 10.3. The van der Waals surface area contributed by atoms with E-state index in [0.29, 0.717) is 6.54 Å². The number of hydrogen-bond donors (Lipinski definition) is 1. The highest BCUT2D eigenvalue weighted by molar-refractivity contribution is 5.45. The summed E-state index contributed by atoms with van der Waals surface area (Å²) in [7, 11) is 2.01. The molecule has 0 aliphatic rings. The summed E-state index contributed by atoms with van der Waals surface area (Å²) < 4.78 is 12.8. The Bertz CT molecular complexity index is 317. The van der Waals surface area contributed by atoms with Gasteiger partial charge in [0.25, 0.3) is 0 Å². The van der Waals surface area contributed by atoms with Gasteiger partial charge in [0, 0.05) is 19.3 Å². The summed E-state index contributed by atoms with van der Waals surface area (Å²) in [6.07, 6.45) is 1.04. The van der Waals surface area contributed by atoms with Crippen molar-refractivity contribution >= 4 is 5.69 Å². The van der Waals surface area contributed by atoms with Gasteiger partial charge in [-0.15, -0.1) is 0 Å². The van der Waals surface area contributed by atoms with Gasteiger partial charge in [-0.3, -0.25) is 0 Å². The second-order valence-electron chi connectivity index (χ2n) is 4.70. The number of anilines is 1. The van der Waals surface area contributed by atoms with Crippen LogP contribution in [-0.4, -0.2) is 20.1 Å². The summed E-state index contributed by atoms with van der Waals surface area (Å²) in [5.41, 5.74) is 6.92. The molecule has 0 amide bonds. The van der Waals surface area contributed by atoms with E-state index in [1.165, 1.54) is 12.1 Å². The van der Waals surface area contributed by atoms with Gasteiger partial charge in [0.2, 0.25) is 0 Å². The van der Waals surface area contributed by atoms with Gasteiger partial charge in [0.1, 0.15) is 5.82 Å². The van der Waals surface area contributed by atoms with Gasteiger partial charge in [-0.25, -0.2) is 4.39 Å². The first-order valence-corrected chi connectivity index (χ1v) is 5.67. The predicted octanol–water partition coefficient (Wildman–Crippen LogP) is 2.64. The maximum atomic E-state index is 12.8. The molecule has 0 fully saturated rings. The van der Waals surface area contributed by atoms with Gasteiger partial charge in [-0.1, -0.05) is 13.8 Å². The molecule has 1 rings (SSSR count). The fourth-order valence-electron chi connectivity index (χ4n) is 1.68. The van der Waals surface area contributed by atoms with Gasteiger partial charge < -0.3 is 10.6 Å². The SMILES string of the molecule is CCC(C)(CN)CN(C)c1ccc(F)cc1. The van der Waals surface area contributed by atoms with Crippen molar-refractivity contribution in [2.75, 3.05) is 25.0 Å². The molecule has 0 radical (unpaired) electrons. The normalized spacial score (nSPS) is 14.6. The lowest BCUT2D eigenvalue weighted by molar-refractivity contribution is 0.330. The second-order valence-corrected chi connectivity index (χ2v) is 4.70. The van der Waals surface area contributed by atoms with Crippen LogP contribution in [0.5, 0.6) is 0 Å². The van der Waals surface area contributed by atoms with Gasteiger partial charge in [-0.05, 0) is 42.6 Å². The summed E-state index contributed by atoms with van der Waals surface area (Å²) in [6.45, 7) is 5.86. The van der Waals surface area contributed by atoms with Crippen molar-refractivity contribution in [3.05, 3.63) is 30.1 Å². The van der Waals surface area contributed by atoms with E-state index in [9.17, 15) is 4.39 Å². The van der Waals surface area contributed by atoms with Crippen LogP contribution in [0, 0.1) is 11.2 Å². The van der Waals surface area contributed by atoms with E-state index in [1.807, 2.05) is 7.05 Å². The zero-order chi connectivity index (χ0) is 12.2. The van der Waals surface area contributed by atoms with Crippen LogP contribution >= 0.6 is 0 Å². The third kappa shape index (κ3) is 3.20. The van der Waals surface area contributed by atoms with Gasteiger partial charge in [0.05, 0.1) is 0 Å². The second kappa shape index (κ2) is 5.30. The van der Waals surface area contributed by atoms with Crippen LogP contribution in [0.3, 0.4) is 0 Å². The summed E-state index contributed by atoms with van der Waals surface area (Å²) >= 11 is 0. The van der Waals surface area contributed by atoms with Gasteiger partial charge >= 0.3 is 0 Å². The number of nitrogens with zero attached hydrogens (tertiary/aromatic N) is 1. The molecule has 2 N–H and O–H groups in total. The minimum absolute atomic E-state index is 0.114. The number of hydrogen-bond acceptors (Lipinski definition) is 2. The van der Waals surface area contributed by atoms with Crippen molar-refractivity contribution < 1.29 is 4.39 Å². The monoisotopic (exact) mass is 224 g/mol. The van der Waals surface area contributed by atoms with Crippen molar-refractivity contribution in [1.82, 2.24) is 0 Å². The Morgan fingerprint density at radius 3 is 2.31 bits per heavy atom. The van der Waals surface area contributed by atoms with Crippen LogP contribution in [0.1, 0.15) is 20.3 Å². The average molecular weight is 224 g/mol. The maximum Gasteiger partial charge on any atom is 0.123 e. The molecule has 0 spiro atoms. The standard InChI is InChI=1S/C13H21FN2/c1-4-13(2,9-15)10-16(3)12-7-5-11(14)6-8-12/h5-8H,4,9-10,15H2,1-3H3. The molecular weight excluding hydrogens is 203 g/mol. The Kier molecular flexibility index (Phi) is 4.30. The van der Waals surface area contributed by atoms with E-state index in [2.05, 4.69) is 18.7 Å². The lowest BCUT2D eigenvalue weighted by Gasteiger charge is -2.33. The molecule has 1 aromatic rings. The lowest BCUT2D eigenvalue weighted by atomic mass is 9.87. The van der Waals surface area contributed by atoms with E-state index in [-0.39, 0.29) is 11.2 Å². The largest absolute Gasteiger partial charge is 0.374 e. The summed E-state index contributed by atoms with van der Waals surface area (Å²) in [4.78, 5) is 2.12. The van der Waals surface area contributed by atoms with Crippen molar-refractivity contribution in [2.24, 2.45) is 11.1 Å². The van der Waals surface area contributed by atoms with E-state index in [4.69, 9.17) is 5.73 Å². The molecule has 90 valence electrons. The average Bonchev–Trinajstić information content (AvgIpc) is 2.29. The molecule has 0 aliphatic heterocycles. The molecule has 0 aromatic heterocycles. The molecule has 3 heteroatoms. The highest BCUT2D eigenvalue weighted by Gasteiger charge is 2.22. The van der Waals surface area contributed by atoms with E-state index >= 15 is 0 Å². The topological polar surface area (TPSA) is 29.3 Å². The van der Waals surface area contributed by atoms with Crippen molar-refractivity contribution in [1.29, 1.82) is 0 Å². The number of nitrogens with two attached hydrogens (primary N) is 1. The Morgan fingerprint density at radius 2 is 1.88 bits per heavy atom. The van der Waals surface area contributed by atoms with Gasteiger partial charge in [-0.2, -0.15) is 0 Å². The molecule has 0 bridgehead atoms. The zero-order valence-corrected chi connectivity index (χ0v) is 10.3. The van der Waals surface area contributed by atoms with Crippen LogP contribution in [0.4, 0.5) is 10.1 Å². The van der Waals surface area contributed by atoms with Crippen molar-refractivity contribution in [3.8, 4) is 0 Å². The lowest BCUT2D eigenvalue weighted by Crippen LogP contribution is -2.38. The molecule has 1 atom stereocenters. The first-order valence-electron chi connectivity index (χ1n) is 5.67. The van der Waals surface area contributed by atoms with Gasteiger partial charge in [0.15, 0.2) is 0 Å². The summed E-state index contributed by atoms with van der Waals surface area (Å²) in [5, 5.41) is 0. The fraction of sp³-hybridized carbons (Fsp3) is 0.538. The van der Waals surface area contributed by atoms with E-state index < -0.39 is 0 Å². The molecule has 0 saturated carbocycles. The van der Waals surface area contributed by atoms with Crippen molar-refractivity contribution in [2.45, 2.75) is 20.3 Å². The summed E-state index contributed by atoms with van der Waals surface area (Å²) in [6, 6.07) is 6.55. The quantitative estimate of drug-likeness (QED) is 0.833. The fourth-order valence-corrected chi connectivity index (χ4v) is 1.68. The van der Waals surface area contributed by atoms with Crippen LogP contribution in [-0.2, 0) is 0 Å². The molecule has 1 unspecified atom stereocenters. The minimum atomic E-state index is -0.200. The van der Waals surface area contributed by atoms with E-state index in [0.717, 1.165) is 18.7 Å². The third-order valence-electron chi connectivity index (χ3n) is 3.23. The van der Waals surface area contributed by atoms with Crippen LogP contribution in [0.2, 0.25) is 0 Å². The predicted molar refractivity (Wildman–Crippen MR) is 67.1 cm³/mol. The minimum Gasteiger partial charge on any atom is -0.374 e. The summed E-state index contributed by atoms with van der Waals surface area (Å²) in [5.74, 6) is -0.200. The molecule has 1 aromatic carbocycles. The van der Waals surface area contributed by atoms with Crippen molar-refractivity contribution in [3.63, 3.8) is 0 Å². The molecule has 16 heavy (non-hydrogen) atoms. The van der Waals surface area contributed by atoms with E-state index in [1.54, 1.807) is 12.1 Å². The maximum absolute atomic E-state index is 12.8. The molecule has 0 aliphatic carbocycles. The molecule has 0 saturated heterocycles. The molecular formula is C13H21FN2. The highest BCUT2D eigenvalue weighted by atomic mass is 19.1. The Balaban J connectivity index is 2.71.